The molecule has 0 saturated carbocycles. The smallest absolute Gasteiger partial charge is 0.234 e. The molecule has 1 aliphatic rings. The van der Waals surface area contributed by atoms with Crippen molar-refractivity contribution in [3.8, 4) is 0 Å². The molecule has 0 aliphatic carbocycles. The SMILES string of the molecule is Cc1cccc(N2CCN(CC(=O)NCc3cc(C)n(Cc4ccccc4)n3)CC2)c1C. The molecule has 3 aromatic rings. The van der Waals surface area contributed by atoms with Gasteiger partial charge in [-0.25, -0.2) is 0 Å². The Balaban J connectivity index is 1.24. The highest BCUT2D eigenvalue weighted by Gasteiger charge is 2.20. The van der Waals surface area contributed by atoms with Crippen molar-refractivity contribution >= 4 is 11.6 Å². The Morgan fingerprint density at radius 1 is 0.969 bits per heavy atom. The Morgan fingerprint density at radius 2 is 1.72 bits per heavy atom. The highest BCUT2D eigenvalue weighted by Crippen LogP contribution is 2.23. The quantitative estimate of drug-likeness (QED) is 0.624. The van der Waals surface area contributed by atoms with Crippen LogP contribution >= 0.6 is 0 Å². The van der Waals surface area contributed by atoms with Crippen LogP contribution in [0, 0.1) is 20.8 Å². The van der Waals surface area contributed by atoms with Gasteiger partial charge in [0.25, 0.3) is 0 Å². The lowest BCUT2D eigenvalue weighted by atomic mass is 10.1. The van der Waals surface area contributed by atoms with Gasteiger partial charge in [-0.05, 0) is 49.6 Å². The number of hydrogen-bond donors (Lipinski definition) is 1. The first kappa shape index (κ1) is 22.1. The molecule has 0 spiro atoms. The van der Waals surface area contributed by atoms with Crippen molar-refractivity contribution in [1.29, 1.82) is 0 Å². The van der Waals surface area contributed by atoms with Crippen molar-refractivity contribution in [2.24, 2.45) is 0 Å². The standard InChI is InChI=1S/C26H33N5O/c1-20-8-7-11-25(22(20)3)30-14-12-29(13-15-30)19-26(32)27-17-24-16-21(2)31(28-24)18-23-9-5-4-6-10-23/h4-11,16H,12-15,17-19H2,1-3H3,(H,27,32). The Hall–Kier alpha value is -3.12. The maximum Gasteiger partial charge on any atom is 0.234 e. The van der Waals surface area contributed by atoms with Crippen LogP contribution in [0.3, 0.4) is 0 Å². The van der Waals surface area contributed by atoms with Crippen LogP contribution in [0.4, 0.5) is 5.69 Å². The second-order valence-corrected chi connectivity index (χ2v) is 8.68. The van der Waals surface area contributed by atoms with Gasteiger partial charge in [0, 0.05) is 37.6 Å². The van der Waals surface area contributed by atoms with Crippen LogP contribution in [0.15, 0.2) is 54.6 Å². The molecule has 4 rings (SSSR count). The van der Waals surface area contributed by atoms with E-state index in [4.69, 9.17) is 0 Å². The summed E-state index contributed by atoms with van der Waals surface area (Å²) in [6, 6.07) is 18.8. The Kier molecular flexibility index (Phi) is 6.90. The van der Waals surface area contributed by atoms with Crippen LogP contribution in [-0.4, -0.2) is 53.3 Å². The summed E-state index contributed by atoms with van der Waals surface area (Å²) in [6.45, 7) is 11.7. The van der Waals surface area contributed by atoms with Crippen LogP contribution in [0.25, 0.3) is 0 Å². The number of aryl methyl sites for hydroxylation is 2. The average Bonchev–Trinajstić information content (AvgIpc) is 3.15. The van der Waals surface area contributed by atoms with E-state index >= 15 is 0 Å². The maximum absolute atomic E-state index is 12.5. The zero-order chi connectivity index (χ0) is 22.5. The number of carbonyl (C=O) groups excluding carboxylic acids is 1. The van der Waals surface area contributed by atoms with E-state index in [1.807, 2.05) is 28.9 Å². The molecule has 2 heterocycles. The van der Waals surface area contributed by atoms with E-state index < -0.39 is 0 Å². The van der Waals surface area contributed by atoms with Crippen LogP contribution in [-0.2, 0) is 17.9 Å². The number of hydrogen-bond acceptors (Lipinski definition) is 4. The highest BCUT2D eigenvalue weighted by atomic mass is 16.2. The number of benzene rings is 2. The fraction of sp³-hybridized carbons (Fsp3) is 0.385. The van der Waals surface area contributed by atoms with Crippen molar-refractivity contribution in [2.45, 2.75) is 33.9 Å². The van der Waals surface area contributed by atoms with Gasteiger partial charge >= 0.3 is 0 Å². The van der Waals surface area contributed by atoms with E-state index in [9.17, 15) is 4.79 Å². The molecule has 1 aliphatic heterocycles. The summed E-state index contributed by atoms with van der Waals surface area (Å²) in [7, 11) is 0. The molecule has 2 aromatic carbocycles. The maximum atomic E-state index is 12.5. The summed E-state index contributed by atoms with van der Waals surface area (Å²) in [5, 5.41) is 7.70. The zero-order valence-corrected chi connectivity index (χ0v) is 19.3. The predicted molar refractivity (Wildman–Crippen MR) is 129 cm³/mol. The van der Waals surface area contributed by atoms with Gasteiger partial charge < -0.3 is 10.2 Å². The molecule has 1 fully saturated rings. The fourth-order valence-corrected chi connectivity index (χ4v) is 4.25. The van der Waals surface area contributed by atoms with Crippen LogP contribution in [0.5, 0.6) is 0 Å². The molecular weight excluding hydrogens is 398 g/mol. The summed E-state index contributed by atoms with van der Waals surface area (Å²) in [4.78, 5) is 17.2. The van der Waals surface area contributed by atoms with Crippen molar-refractivity contribution < 1.29 is 4.79 Å². The monoisotopic (exact) mass is 431 g/mol. The van der Waals surface area contributed by atoms with Gasteiger partial charge in [-0.3, -0.25) is 14.4 Å². The third-order valence-electron chi connectivity index (χ3n) is 6.33. The van der Waals surface area contributed by atoms with Crippen molar-refractivity contribution in [2.75, 3.05) is 37.6 Å². The van der Waals surface area contributed by atoms with E-state index in [0.717, 1.165) is 44.1 Å². The Bertz CT molecular complexity index is 1050. The number of rotatable bonds is 7. The molecule has 32 heavy (non-hydrogen) atoms. The third kappa shape index (κ3) is 5.37. The number of carbonyl (C=O) groups is 1. The number of nitrogens with zero attached hydrogens (tertiary/aromatic N) is 4. The first-order chi connectivity index (χ1) is 15.5. The van der Waals surface area contributed by atoms with Gasteiger partial charge in [0.1, 0.15) is 0 Å². The summed E-state index contributed by atoms with van der Waals surface area (Å²) in [6.07, 6.45) is 0. The number of aromatic nitrogens is 2. The molecule has 0 unspecified atom stereocenters. The Morgan fingerprint density at radius 3 is 2.47 bits per heavy atom. The molecule has 6 heteroatoms. The van der Waals surface area contributed by atoms with Gasteiger partial charge in [-0.2, -0.15) is 5.10 Å². The number of nitrogens with one attached hydrogen (secondary N) is 1. The lowest BCUT2D eigenvalue weighted by molar-refractivity contribution is -0.122. The molecule has 0 radical (unpaired) electrons. The molecule has 1 amide bonds. The van der Waals surface area contributed by atoms with Gasteiger partial charge in [-0.15, -0.1) is 0 Å². The number of anilines is 1. The second-order valence-electron chi connectivity index (χ2n) is 8.68. The topological polar surface area (TPSA) is 53.4 Å². The van der Waals surface area contributed by atoms with E-state index in [1.54, 1.807) is 0 Å². The van der Waals surface area contributed by atoms with E-state index in [2.05, 4.69) is 71.3 Å². The van der Waals surface area contributed by atoms with E-state index in [1.165, 1.54) is 22.4 Å². The molecule has 1 N–H and O–H groups in total. The Labute approximate surface area is 190 Å². The molecule has 1 saturated heterocycles. The molecular formula is C26H33N5O. The van der Waals surface area contributed by atoms with Gasteiger partial charge in [0.2, 0.25) is 5.91 Å². The molecule has 0 bridgehead atoms. The fourth-order valence-electron chi connectivity index (χ4n) is 4.25. The molecule has 1 aromatic heterocycles. The van der Waals surface area contributed by atoms with Gasteiger partial charge in [-0.1, -0.05) is 42.5 Å². The first-order valence-electron chi connectivity index (χ1n) is 11.4. The van der Waals surface area contributed by atoms with Crippen molar-refractivity contribution in [1.82, 2.24) is 20.0 Å². The minimum absolute atomic E-state index is 0.0560. The molecule has 6 nitrogen and oxygen atoms in total. The minimum atomic E-state index is 0.0560. The largest absolute Gasteiger partial charge is 0.369 e. The van der Waals surface area contributed by atoms with Crippen LogP contribution in [0.2, 0.25) is 0 Å². The normalized spacial score (nSPS) is 14.5. The van der Waals surface area contributed by atoms with Gasteiger partial charge in [0.05, 0.1) is 25.3 Å². The molecule has 0 atom stereocenters. The summed E-state index contributed by atoms with van der Waals surface area (Å²) >= 11 is 0. The predicted octanol–water partition coefficient (Wildman–Crippen LogP) is 3.30. The molecule has 168 valence electrons. The summed E-state index contributed by atoms with van der Waals surface area (Å²) < 4.78 is 1.99. The first-order valence-corrected chi connectivity index (χ1v) is 11.4. The van der Waals surface area contributed by atoms with Crippen LogP contribution in [0.1, 0.15) is 28.1 Å². The summed E-state index contributed by atoms with van der Waals surface area (Å²) in [5.74, 6) is 0.0560. The van der Waals surface area contributed by atoms with Crippen molar-refractivity contribution in [3.05, 3.63) is 82.7 Å². The van der Waals surface area contributed by atoms with E-state index in [0.29, 0.717) is 13.1 Å². The zero-order valence-electron chi connectivity index (χ0n) is 19.3. The minimum Gasteiger partial charge on any atom is -0.369 e. The third-order valence-corrected chi connectivity index (χ3v) is 6.33. The lowest BCUT2D eigenvalue weighted by Crippen LogP contribution is -2.49. The summed E-state index contributed by atoms with van der Waals surface area (Å²) in [5.41, 5.74) is 7.20. The number of piperazine rings is 1. The van der Waals surface area contributed by atoms with Crippen molar-refractivity contribution in [3.63, 3.8) is 0 Å². The lowest BCUT2D eigenvalue weighted by Gasteiger charge is -2.36. The van der Waals surface area contributed by atoms with E-state index in [-0.39, 0.29) is 5.91 Å². The average molecular weight is 432 g/mol. The van der Waals surface area contributed by atoms with Crippen LogP contribution < -0.4 is 10.2 Å². The highest BCUT2D eigenvalue weighted by molar-refractivity contribution is 5.78. The number of amides is 1. The second kappa shape index (κ2) is 10.0. The van der Waals surface area contributed by atoms with Gasteiger partial charge in [0.15, 0.2) is 0 Å².